The molecule has 1 saturated heterocycles. The maximum absolute atomic E-state index is 10.8. The standard InChI is InChI=1S/C7H11NO3/c1-5(9)11-6-2-3-8-7(10)4-6/h6H,2-4H2,1H3,(H,8,10). The van der Waals surface area contributed by atoms with E-state index in [1.807, 2.05) is 0 Å². The molecule has 1 atom stereocenters. The van der Waals surface area contributed by atoms with E-state index < -0.39 is 0 Å². The average molecular weight is 157 g/mol. The summed E-state index contributed by atoms with van der Waals surface area (Å²) in [6.07, 6.45) is 0.825. The monoisotopic (exact) mass is 157 g/mol. The SMILES string of the molecule is CC(=O)OC1CCNC(=O)C1. The molecule has 0 aromatic rings. The Bertz CT molecular complexity index is 177. The number of hydrogen-bond donors (Lipinski definition) is 1. The summed E-state index contributed by atoms with van der Waals surface area (Å²) < 4.78 is 4.86. The summed E-state index contributed by atoms with van der Waals surface area (Å²) in [5.41, 5.74) is 0. The smallest absolute Gasteiger partial charge is 0.302 e. The van der Waals surface area contributed by atoms with Gasteiger partial charge in [0.15, 0.2) is 0 Å². The molecule has 0 radical (unpaired) electrons. The number of rotatable bonds is 1. The van der Waals surface area contributed by atoms with Crippen LogP contribution in [0.1, 0.15) is 19.8 Å². The summed E-state index contributed by atoms with van der Waals surface area (Å²) in [5.74, 6) is -0.354. The van der Waals surface area contributed by atoms with E-state index in [2.05, 4.69) is 5.32 Å². The van der Waals surface area contributed by atoms with Crippen molar-refractivity contribution in [3.63, 3.8) is 0 Å². The Morgan fingerprint density at radius 3 is 3.00 bits per heavy atom. The first kappa shape index (κ1) is 8.04. The van der Waals surface area contributed by atoms with Gasteiger partial charge in [0.25, 0.3) is 0 Å². The molecule has 1 aliphatic rings. The molecule has 0 aliphatic carbocycles. The minimum absolute atomic E-state index is 0.0394. The van der Waals surface area contributed by atoms with Crippen LogP contribution in [0.3, 0.4) is 0 Å². The van der Waals surface area contributed by atoms with Crippen molar-refractivity contribution < 1.29 is 14.3 Å². The molecule has 11 heavy (non-hydrogen) atoms. The number of nitrogens with one attached hydrogen (secondary N) is 1. The molecule has 0 aromatic carbocycles. The van der Waals surface area contributed by atoms with E-state index in [0.717, 1.165) is 6.42 Å². The van der Waals surface area contributed by atoms with Crippen molar-refractivity contribution in [2.24, 2.45) is 0 Å². The zero-order valence-electron chi connectivity index (χ0n) is 6.42. The van der Waals surface area contributed by atoms with Crippen LogP contribution in [0.5, 0.6) is 0 Å². The first-order valence-electron chi connectivity index (χ1n) is 3.62. The van der Waals surface area contributed by atoms with E-state index in [9.17, 15) is 9.59 Å². The van der Waals surface area contributed by atoms with Crippen molar-refractivity contribution in [3.05, 3.63) is 0 Å². The third-order valence-electron chi connectivity index (χ3n) is 1.53. The van der Waals surface area contributed by atoms with E-state index in [-0.39, 0.29) is 18.0 Å². The highest BCUT2D eigenvalue weighted by Crippen LogP contribution is 2.07. The van der Waals surface area contributed by atoms with E-state index >= 15 is 0 Å². The number of esters is 1. The molecule has 0 saturated carbocycles. The van der Waals surface area contributed by atoms with Crippen molar-refractivity contribution in [2.75, 3.05) is 6.54 Å². The fourth-order valence-electron chi connectivity index (χ4n) is 1.09. The van der Waals surface area contributed by atoms with Crippen LogP contribution in [0.4, 0.5) is 0 Å². The van der Waals surface area contributed by atoms with Crippen LogP contribution < -0.4 is 5.32 Å². The molecule has 1 fully saturated rings. The number of carbonyl (C=O) groups excluding carboxylic acids is 2. The molecule has 0 spiro atoms. The van der Waals surface area contributed by atoms with Gasteiger partial charge in [-0.05, 0) is 0 Å². The predicted molar refractivity (Wildman–Crippen MR) is 37.8 cm³/mol. The highest BCUT2D eigenvalue weighted by Gasteiger charge is 2.20. The largest absolute Gasteiger partial charge is 0.462 e. The molecule has 1 aliphatic heterocycles. The van der Waals surface area contributed by atoms with Gasteiger partial charge in [-0.2, -0.15) is 0 Å². The Hall–Kier alpha value is -1.06. The van der Waals surface area contributed by atoms with Gasteiger partial charge in [-0.1, -0.05) is 0 Å². The highest BCUT2D eigenvalue weighted by atomic mass is 16.5. The maximum Gasteiger partial charge on any atom is 0.302 e. The van der Waals surface area contributed by atoms with Crippen LogP contribution in [0.2, 0.25) is 0 Å². The molecule has 1 unspecified atom stereocenters. The zero-order chi connectivity index (χ0) is 8.27. The van der Waals surface area contributed by atoms with Crippen molar-refractivity contribution in [1.29, 1.82) is 0 Å². The first-order valence-corrected chi connectivity index (χ1v) is 3.62. The molecular formula is C7H11NO3. The number of hydrogen-bond acceptors (Lipinski definition) is 3. The van der Waals surface area contributed by atoms with Crippen LogP contribution in [-0.2, 0) is 14.3 Å². The van der Waals surface area contributed by atoms with Gasteiger partial charge in [0, 0.05) is 19.9 Å². The van der Waals surface area contributed by atoms with Gasteiger partial charge < -0.3 is 10.1 Å². The topological polar surface area (TPSA) is 55.4 Å². The lowest BCUT2D eigenvalue weighted by Gasteiger charge is -2.21. The summed E-state index contributed by atoms with van der Waals surface area (Å²) in [7, 11) is 0. The molecule has 0 bridgehead atoms. The normalized spacial score (nSPS) is 24.1. The molecule has 1 N–H and O–H groups in total. The predicted octanol–water partition coefficient (Wildman–Crippen LogP) is -0.172. The summed E-state index contributed by atoms with van der Waals surface area (Å²) >= 11 is 0. The molecule has 0 aromatic heterocycles. The Morgan fingerprint density at radius 2 is 2.45 bits per heavy atom. The lowest BCUT2D eigenvalue weighted by molar-refractivity contribution is -0.149. The number of ether oxygens (including phenoxy) is 1. The molecule has 1 heterocycles. The van der Waals surface area contributed by atoms with Crippen molar-refractivity contribution in [3.8, 4) is 0 Å². The Kier molecular flexibility index (Phi) is 2.46. The lowest BCUT2D eigenvalue weighted by Crippen LogP contribution is -2.37. The zero-order valence-corrected chi connectivity index (χ0v) is 6.42. The maximum atomic E-state index is 10.8. The third-order valence-corrected chi connectivity index (χ3v) is 1.53. The Morgan fingerprint density at radius 1 is 1.73 bits per heavy atom. The molecule has 1 rings (SSSR count). The minimum atomic E-state index is -0.315. The van der Waals surface area contributed by atoms with Gasteiger partial charge in [-0.3, -0.25) is 9.59 Å². The molecular weight excluding hydrogens is 146 g/mol. The number of piperidine rings is 1. The quantitative estimate of drug-likeness (QED) is 0.537. The molecule has 1 amide bonds. The second-order valence-electron chi connectivity index (χ2n) is 2.57. The van der Waals surface area contributed by atoms with Crippen molar-refractivity contribution >= 4 is 11.9 Å². The third kappa shape index (κ3) is 2.57. The van der Waals surface area contributed by atoms with Crippen molar-refractivity contribution in [1.82, 2.24) is 5.32 Å². The van der Waals surface area contributed by atoms with E-state index in [0.29, 0.717) is 13.0 Å². The average Bonchev–Trinajstić information content (AvgIpc) is 1.85. The summed E-state index contributed by atoms with van der Waals surface area (Å²) in [6.45, 7) is 1.96. The van der Waals surface area contributed by atoms with Gasteiger partial charge in [0.1, 0.15) is 6.10 Å². The molecule has 62 valence electrons. The minimum Gasteiger partial charge on any atom is -0.462 e. The fraction of sp³-hybridized carbons (Fsp3) is 0.714. The second kappa shape index (κ2) is 3.37. The van der Waals surface area contributed by atoms with Crippen LogP contribution in [-0.4, -0.2) is 24.5 Å². The fourth-order valence-corrected chi connectivity index (χ4v) is 1.09. The van der Waals surface area contributed by atoms with E-state index in [1.165, 1.54) is 6.92 Å². The highest BCUT2D eigenvalue weighted by molar-refractivity contribution is 5.77. The molecule has 4 heteroatoms. The lowest BCUT2D eigenvalue weighted by atomic mass is 10.1. The first-order chi connectivity index (χ1) is 5.18. The number of carbonyl (C=O) groups is 2. The molecule has 4 nitrogen and oxygen atoms in total. The summed E-state index contributed by atoms with van der Waals surface area (Å²) in [4.78, 5) is 21.2. The van der Waals surface area contributed by atoms with Crippen molar-refractivity contribution in [2.45, 2.75) is 25.9 Å². The Labute approximate surface area is 64.9 Å². The van der Waals surface area contributed by atoms with E-state index in [4.69, 9.17) is 4.74 Å². The van der Waals surface area contributed by atoms with Gasteiger partial charge >= 0.3 is 5.97 Å². The Balaban J connectivity index is 2.34. The second-order valence-corrected chi connectivity index (χ2v) is 2.57. The van der Waals surface area contributed by atoms with Crippen LogP contribution in [0.15, 0.2) is 0 Å². The van der Waals surface area contributed by atoms with Gasteiger partial charge in [0.05, 0.1) is 6.42 Å². The van der Waals surface area contributed by atoms with Gasteiger partial charge in [-0.25, -0.2) is 0 Å². The number of amides is 1. The van der Waals surface area contributed by atoms with Gasteiger partial charge in [-0.15, -0.1) is 0 Å². The van der Waals surface area contributed by atoms with Crippen LogP contribution in [0, 0.1) is 0 Å². The summed E-state index contributed by atoms with van der Waals surface area (Å²) in [6, 6.07) is 0. The van der Waals surface area contributed by atoms with E-state index in [1.54, 1.807) is 0 Å². The van der Waals surface area contributed by atoms with Gasteiger partial charge in [0.2, 0.25) is 5.91 Å². The van der Waals surface area contributed by atoms with Crippen LogP contribution in [0.25, 0.3) is 0 Å². The van der Waals surface area contributed by atoms with Crippen LogP contribution >= 0.6 is 0 Å². The summed E-state index contributed by atoms with van der Waals surface area (Å²) in [5, 5.41) is 2.65.